The number of carbonyl (C=O) groups excluding carboxylic acids is 1. The first kappa shape index (κ1) is 24.8. The van der Waals surface area contributed by atoms with Crippen molar-refractivity contribution in [3.8, 4) is 28.3 Å². The molecule has 1 aliphatic heterocycles. The molecule has 0 aliphatic carbocycles. The number of halogens is 2. The molecule has 0 radical (unpaired) electrons. The normalized spacial score (nSPS) is 14.3. The van der Waals surface area contributed by atoms with Crippen LogP contribution in [0.3, 0.4) is 0 Å². The molecule has 0 bridgehead atoms. The lowest BCUT2D eigenvalue weighted by Gasteiger charge is -2.15. The summed E-state index contributed by atoms with van der Waals surface area (Å²) in [6.45, 7) is 0. The number of hydrogen-bond acceptors (Lipinski definition) is 8. The average Bonchev–Trinajstić information content (AvgIpc) is 3.69. The first-order chi connectivity index (χ1) is 18.9. The van der Waals surface area contributed by atoms with Crippen molar-refractivity contribution >= 4 is 35.0 Å². The molecule has 1 atom stereocenters. The summed E-state index contributed by atoms with van der Waals surface area (Å²) in [5.41, 5.74) is 4.43. The van der Waals surface area contributed by atoms with Gasteiger partial charge >= 0.3 is 6.09 Å². The number of anilines is 1. The minimum atomic E-state index is -0.594. The van der Waals surface area contributed by atoms with E-state index in [4.69, 9.17) is 23.2 Å². The van der Waals surface area contributed by atoms with E-state index in [-0.39, 0.29) is 16.8 Å². The van der Waals surface area contributed by atoms with Crippen molar-refractivity contribution in [2.75, 3.05) is 12.4 Å². The number of imidazole rings is 1. The van der Waals surface area contributed by atoms with E-state index in [9.17, 15) is 9.59 Å². The van der Waals surface area contributed by atoms with Crippen molar-refractivity contribution in [2.24, 2.45) is 0 Å². The summed E-state index contributed by atoms with van der Waals surface area (Å²) in [5, 5.41) is 14.7. The van der Waals surface area contributed by atoms with Gasteiger partial charge in [-0.1, -0.05) is 23.2 Å². The van der Waals surface area contributed by atoms with Crippen LogP contribution in [0.1, 0.15) is 23.9 Å². The number of methoxy groups -OCH3 is 1. The third kappa shape index (κ3) is 4.64. The molecule has 0 saturated carbocycles. The third-order valence-electron chi connectivity index (χ3n) is 6.46. The maximum atomic E-state index is 13.5. The van der Waals surface area contributed by atoms with Crippen LogP contribution >= 0.6 is 23.2 Å². The lowest BCUT2D eigenvalue weighted by molar-refractivity contribution is 0.187. The number of aromatic amines is 1. The van der Waals surface area contributed by atoms with E-state index in [2.05, 4.69) is 40.5 Å². The van der Waals surface area contributed by atoms with Crippen LogP contribution in [0.2, 0.25) is 10.2 Å². The highest BCUT2D eigenvalue weighted by atomic mass is 35.5. The summed E-state index contributed by atoms with van der Waals surface area (Å²) in [6.07, 6.45) is 3.69. The molecular weight excluding hydrogens is 545 g/mol. The Morgan fingerprint density at radius 3 is 2.79 bits per heavy atom. The van der Waals surface area contributed by atoms with E-state index in [0.29, 0.717) is 52.0 Å². The Morgan fingerprint density at radius 2 is 2.05 bits per heavy atom. The van der Waals surface area contributed by atoms with Crippen LogP contribution in [0, 0.1) is 0 Å². The average molecular weight is 564 g/mol. The predicted octanol–water partition coefficient (Wildman–Crippen LogP) is 4.30. The standard InChI is InChI=1S/C25H19Cl2N9O3/c1-39-25(38)30-15-3-5-18(28-11-15)24-31-22(23(27)32-24)20-7-4-16-8-13(9-21(37)36(16)20)17-10-14(26)2-6-19(17)35-12-29-33-34-35/h2-3,5-6,8-12,20H,4,7H2,1H3,(H,30,38)(H,31,32)/t20-/m0/s1. The van der Waals surface area contributed by atoms with Gasteiger partial charge in [-0.15, -0.1) is 5.10 Å². The molecule has 1 aliphatic rings. The van der Waals surface area contributed by atoms with Crippen molar-refractivity contribution in [1.29, 1.82) is 0 Å². The van der Waals surface area contributed by atoms with Gasteiger partial charge in [0.25, 0.3) is 5.56 Å². The minimum absolute atomic E-state index is 0.184. The second-order valence-corrected chi connectivity index (χ2v) is 9.55. The number of tetrazole rings is 1. The van der Waals surface area contributed by atoms with Crippen molar-refractivity contribution in [2.45, 2.75) is 18.9 Å². The van der Waals surface area contributed by atoms with E-state index >= 15 is 0 Å². The summed E-state index contributed by atoms with van der Waals surface area (Å²) in [6, 6.07) is 11.9. The van der Waals surface area contributed by atoms with Crippen molar-refractivity contribution in [3.63, 3.8) is 0 Å². The van der Waals surface area contributed by atoms with E-state index < -0.39 is 6.09 Å². The molecule has 1 aromatic carbocycles. The van der Waals surface area contributed by atoms with Crippen LogP contribution in [0.5, 0.6) is 0 Å². The summed E-state index contributed by atoms with van der Waals surface area (Å²) in [5.74, 6) is 0.447. The van der Waals surface area contributed by atoms with Crippen LogP contribution in [-0.4, -0.2) is 52.9 Å². The molecule has 12 nitrogen and oxygen atoms in total. The van der Waals surface area contributed by atoms with Gasteiger partial charge in [-0.2, -0.15) is 4.68 Å². The molecule has 0 spiro atoms. The molecule has 2 N–H and O–H groups in total. The number of aromatic nitrogens is 8. The van der Waals surface area contributed by atoms with Crippen LogP contribution in [0.4, 0.5) is 10.5 Å². The van der Waals surface area contributed by atoms with E-state index in [1.54, 1.807) is 41.0 Å². The van der Waals surface area contributed by atoms with Gasteiger partial charge in [0.1, 0.15) is 12.0 Å². The van der Waals surface area contributed by atoms with Crippen LogP contribution < -0.4 is 10.9 Å². The van der Waals surface area contributed by atoms with Crippen molar-refractivity contribution in [1.82, 2.24) is 39.7 Å². The molecule has 0 fully saturated rings. The second kappa shape index (κ2) is 9.97. The van der Waals surface area contributed by atoms with Gasteiger partial charge < -0.3 is 14.3 Å². The Balaban J connectivity index is 1.33. The molecule has 5 heterocycles. The number of nitrogens with zero attached hydrogens (tertiary/aromatic N) is 7. The maximum Gasteiger partial charge on any atom is 0.411 e. The fraction of sp³-hybridized carbons (Fsp3) is 0.160. The summed E-state index contributed by atoms with van der Waals surface area (Å²) in [7, 11) is 1.28. The molecule has 39 heavy (non-hydrogen) atoms. The third-order valence-corrected chi connectivity index (χ3v) is 6.98. The number of pyridine rings is 2. The minimum Gasteiger partial charge on any atom is -0.453 e. The molecule has 1 amide bonds. The van der Waals surface area contributed by atoms with E-state index in [0.717, 1.165) is 11.3 Å². The number of rotatable bonds is 5. The Bertz CT molecular complexity index is 1750. The fourth-order valence-corrected chi connectivity index (χ4v) is 5.15. The number of aryl methyl sites for hydroxylation is 1. The number of nitrogens with one attached hydrogen (secondary N) is 2. The Hall–Kier alpha value is -4.55. The number of carbonyl (C=O) groups is 1. The van der Waals surface area contributed by atoms with E-state index in [1.807, 2.05) is 6.07 Å². The van der Waals surface area contributed by atoms with E-state index in [1.165, 1.54) is 24.3 Å². The first-order valence-corrected chi connectivity index (χ1v) is 12.5. The molecule has 14 heteroatoms. The summed E-state index contributed by atoms with van der Waals surface area (Å²) < 4.78 is 7.84. The lowest BCUT2D eigenvalue weighted by Crippen LogP contribution is -2.23. The van der Waals surface area contributed by atoms with Crippen LogP contribution in [0.15, 0.2) is 59.8 Å². The van der Waals surface area contributed by atoms with Crippen molar-refractivity contribution in [3.05, 3.63) is 86.9 Å². The maximum absolute atomic E-state index is 13.5. The second-order valence-electron chi connectivity index (χ2n) is 8.75. The Labute approximate surface area is 230 Å². The Morgan fingerprint density at radius 1 is 1.18 bits per heavy atom. The number of fused-ring (bicyclic) bond motifs is 1. The topological polar surface area (TPSA) is 146 Å². The van der Waals surface area contributed by atoms with Gasteiger partial charge in [0.2, 0.25) is 0 Å². The van der Waals surface area contributed by atoms with Gasteiger partial charge in [0.15, 0.2) is 11.0 Å². The molecule has 196 valence electrons. The SMILES string of the molecule is COC(=O)Nc1ccc(-c2nc(Cl)c([C@@H]3CCc4cc(-c5cc(Cl)ccc5-n5cnnn5)cc(=O)n43)[nH]2)nc1. The molecule has 4 aromatic heterocycles. The van der Waals surface area contributed by atoms with Gasteiger partial charge in [-0.3, -0.25) is 15.1 Å². The van der Waals surface area contributed by atoms with Crippen LogP contribution in [0.25, 0.3) is 28.3 Å². The van der Waals surface area contributed by atoms with Gasteiger partial charge in [-0.25, -0.2) is 9.78 Å². The highest BCUT2D eigenvalue weighted by molar-refractivity contribution is 6.31. The summed E-state index contributed by atoms with van der Waals surface area (Å²) >= 11 is 12.8. The van der Waals surface area contributed by atoms with Crippen molar-refractivity contribution < 1.29 is 9.53 Å². The smallest absolute Gasteiger partial charge is 0.411 e. The van der Waals surface area contributed by atoms with Gasteiger partial charge in [0, 0.05) is 22.3 Å². The number of hydrogen-bond donors (Lipinski definition) is 2. The molecule has 0 saturated heterocycles. The summed E-state index contributed by atoms with van der Waals surface area (Å²) in [4.78, 5) is 36.9. The van der Waals surface area contributed by atoms with Crippen LogP contribution in [-0.2, 0) is 11.2 Å². The molecule has 6 rings (SSSR count). The van der Waals surface area contributed by atoms with Gasteiger partial charge in [-0.05, 0) is 65.2 Å². The molecule has 5 aromatic rings. The highest BCUT2D eigenvalue weighted by Crippen LogP contribution is 2.36. The largest absolute Gasteiger partial charge is 0.453 e. The highest BCUT2D eigenvalue weighted by Gasteiger charge is 2.30. The number of benzene rings is 1. The zero-order chi connectivity index (χ0) is 27.1. The number of ether oxygens (including phenoxy) is 1. The zero-order valence-electron chi connectivity index (χ0n) is 20.3. The Kier molecular flexibility index (Phi) is 6.33. The molecular formula is C25H19Cl2N9O3. The zero-order valence-corrected chi connectivity index (χ0v) is 21.8. The van der Waals surface area contributed by atoms with Gasteiger partial charge in [0.05, 0.1) is 36.4 Å². The first-order valence-electron chi connectivity index (χ1n) is 11.8. The number of H-pyrrole nitrogens is 1. The monoisotopic (exact) mass is 563 g/mol. The predicted molar refractivity (Wildman–Crippen MR) is 143 cm³/mol. The fourth-order valence-electron chi connectivity index (χ4n) is 4.72. The quantitative estimate of drug-likeness (QED) is 0.322. The lowest BCUT2D eigenvalue weighted by atomic mass is 10.0. The number of amides is 1. The molecule has 0 unspecified atom stereocenters.